The minimum Gasteiger partial charge on any atom is -0.480 e. The van der Waals surface area contributed by atoms with E-state index in [2.05, 4.69) is 4.98 Å². The van der Waals surface area contributed by atoms with Crippen molar-refractivity contribution in [1.82, 2.24) is 4.98 Å². The first kappa shape index (κ1) is 18.5. The topological polar surface area (TPSA) is 61.6 Å². The van der Waals surface area contributed by atoms with E-state index in [4.69, 9.17) is 13.9 Å². The average Bonchev–Trinajstić information content (AvgIpc) is 3.07. The van der Waals surface area contributed by atoms with Gasteiger partial charge in [-0.2, -0.15) is 0 Å². The molecule has 27 heavy (non-hydrogen) atoms. The van der Waals surface area contributed by atoms with E-state index in [1.807, 2.05) is 67.6 Å². The summed E-state index contributed by atoms with van der Waals surface area (Å²) in [6.45, 7) is 3.96. The van der Waals surface area contributed by atoms with E-state index in [1.165, 1.54) is 0 Å². The van der Waals surface area contributed by atoms with Crippen LogP contribution in [0.2, 0.25) is 0 Å². The molecule has 0 unspecified atom stereocenters. The van der Waals surface area contributed by atoms with Crippen LogP contribution < -0.4 is 0 Å². The molecule has 0 aliphatic carbocycles. The minimum atomic E-state index is -0.509. The number of aromatic nitrogens is 1. The number of benzene rings is 2. The van der Waals surface area contributed by atoms with Crippen LogP contribution in [0.4, 0.5) is 0 Å². The molecule has 5 heteroatoms. The van der Waals surface area contributed by atoms with Crippen LogP contribution in [-0.4, -0.2) is 17.6 Å². The van der Waals surface area contributed by atoms with Crippen molar-refractivity contribution in [3.8, 4) is 11.5 Å². The lowest BCUT2D eigenvalue weighted by atomic mass is 10.2. The van der Waals surface area contributed by atoms with Crippen molar-refractivity contribution in [1.29, 1.82) is 0 Å². The number of carbonyl (C=O) groups excluding carboxylic acids is 1. The largest absolute Gasteiger partial charge is 0.480 e. The average molecular weight is 363 g/mol. The number of carbonyl (C=O) groups is 1. The molecule has 3 aromatic rings. The van der Waals surface area contributed by atoms with Crippen molar-refractivity contribution in [2.24, 2.45) is 0 Å². The molecule has 0 spiro atoms. The Balaban J connectivity index is 1.78. The summed E-state index contributed by atoms with van der Waals surface area (Å²) in [6.07, 6.45) is 1.66. The Morgan fingerprint density at radius 1 is 1.04 bits per heavy atom. The molecular weight excluding hydrogens is 342 g/mol. The Morgan fingerprint density at radius 3 is 2.37 bits per heavy atom. The predicted octanol–water partition coefficient (Wildman–Crippen LogP) is 4.77. The number of rotatable bonds is 7. The summed E-state index contributed by atoms with van der Waals surface area (Å²) in [4.78, 5) is 16.7. The Morgan fingerprint density at radius 2 is 1.70 bits per heavy atom. The number of hydrogen-bond donors (Lipinski definition) is 0. The van der Waals surface area contributed by atoms with Crippen molar-refractivity contribution < 1.29 is 18.7 Å². The zero-order valence-electron chi connectivity index (χ0n) is 15.3. The second kappa shape index (κ2) is 8.85. The Kier molecular flexibility index (Phi) is 6.05. The van der Waals surface area contributed by atoms with Crippen LogP contribution in [0.25, 0.3) is 17.5 Å². The van der Waals surface area contributed by atoms with Gasteiger partial charge in [0, 0.05) is 5.56 Å². The maximum absolute atomic E-state index is 12.2. The Labute approximate surface area is 158 Å². The summed E-state index contributed by atoms with van der Waals surface area (Å²) in [5.41, 5.74) is 2.37. The second-order valence-corrected chi connectivity index (χ2v) is 5.82. The third-order valence-electron chi connectivity index (χ3n) is 3.85. The predicted molar refractivity (Wildman–Crippen MR) is 103 cm³/mol. The first-order valence-corrected chi connectivity index (χ1v) is 8.75. The summed E-state index contributed by atoms with van der Waals surface area (Å²) >= 11 is 0. The van der Waals surface area contributed by atoms with Gasteiger partial charge in [0.2, 0.25) is 11.6 Å². The molecular formula is C22H21NO4. The monoisotopic (exact) mass is 363 g/mol. The van der Waals surface area contributed by atoms with Gasteiger partial charge >= 0.3 is 5.97 Å². The second-order valence-electron chi connectivity index (χ2n) is 5.82. The highest BCUT2D eigenvalue weighted by Crippen LogP contribution is 2.22. The van der Waals surface area contributed by atoms with Gasteiger partial charge in [0.05, 0.1) is 6.61 Å². The molecule has 0 fully saturated rings. The van der Waals surface area contributed by atoms with Crippen molar-refractivity contribution >= 4 is 12.0 Å². The van der Waals surface area contributed by atoms with Crippen molar-refractivity contribution in [3.63, 3.8) is 0 Å². The molecule has 138 valence electrons. The maximum Gasteiger partial charge on any atom is 0.373 e. The molecule has 0 saturated carbocycles. The lowest BCUT2D eigenvalue weighted by Gasteiger charge is -2.09. The van der Waals surface area contributed by atoms with Crippen LogP contribution in [-0.2, 0) is 20.9 Å². The fourth-order valence-electron chi connectivity index (χ4n) is 2.47. The van der Waals surface area contributed by atoms with Crippen molar-refractivity contribution in [3.05, 3.63) is 83.4 Å². The number of aryl methyl sites for hydroxylation is 1. The first-order valence-electron chi connectivity index (χ1n) is 8.75. The molecule has 0 aliphatic heterocycles. The molecule has 2 aromatic carbocycles. The number of oxazole rings is 1. The smallest absolute Gasteiger partial charge is 0.373 e. The van der Waals surface area contributed by atoms with Crippen LogP contribution in [0.15, 0.2) is 70.8 Å². The molecule has 0 atom stereocenters. The first-order chi connectivity index (χ1) is 13.2. The van der Waals surface area contributed by atoms with E-state index in [-0.39, 0.29) is 19.0 Å². The van der Waals surface area contributed by atoms with Gasteiger partial charge in [-0.25, -0.2) is 9.78 Å². The van der Waals surface area contributed by atoms with Crippen LogP contribution >= 0.6 is 0 Å². The fraction of sp³-hybridized carbons (Fsp3) is 0.182. The van der Waals surface area contributed by atoms with Gasteiger partial charge in [0.25, 0.3) is 0 Å². The van der Waals surface area contributed by atoms with E-state index in [0.29, 0.717) is 17.3 Å². The highest BCUT2D eigenvalue weighted by atomic mass is 16.6. The third-order valence-corrected chi connectivity index (χ3v) is 3.85. The summed E-state index contributed by atoms with van der Waals surface area (Å²) in [6, 6.07) is 19.1. The van der Waals surface area contributed by atoms with Gasteiger partial charge in [0.1, 0.15) is 18.1 Å². The zero-order chi connectivity index (χ0) is 19.1. The van der Waals surface area contributed by atoms with Crippen LogP contribution in [0.5, 0.6) is 0 Å². The quantitative estimate of drug-likeness (QED) is 0.344. The van der Waals surface area contributed by atoms with E-state index < -0.39 is 5.97 Å². The number of esters is 1. The van der Waals surface area contributed by atoms with Crippen LogP contribution in [0.3, 0.4) is 0 Å². The Hall–Kier alpha value is -3.34. The Bertz CT molecular complexity index is 914. The molecule has 0 bridgehead atoms. The summed E-state index contributed by atoms with van der Waals surface area (Å²) in [5, 5.41) is 0. The van der Waals surface area contributed by atoms with E-state index in [1.54, 1.807) is 13.0 Å². The van der Waals surface area contributed by atoms with Crippen molar-refractivity contribution in [2.75, 3.05) is 6.61 Å². The lowest BCUT2D eigenvalue weighted by molar-refractivity contribution is -0.142. The van der Waals surface area contributed by atoms with Gasteiger partial charge in [-0.05, 0) is 37.6 Å². The SMILES string of the molecule is CCOC(=O)C(=Cc1ccccc1)OCc1nc(-c2ccccc2)oc1C. The molecule has 0 N–H and O–H groups in total. The molecule has 5 nitrogen and oxygen atoms in total. The molecule has 1 heterocycles. The third kappa shape index (κ3) is 4.85. The molecule has 1 aromatic heterocycles. The maximum atomic E-state index is 12.2. The van der Waals surface area contributed by atoms with Gasteiger partial charge in [0.15, 0.2) is 0 Å². The van der Waals surface area contributed by atoms with Crippen molar-refractivity contribution in [2.45, 2.75) is 20.5 Å². The van der Waals surface area contributed by atoms with Gasteiger partial charge < -0.3 is 13.9 Å². The molecule has 3 rings (SSSR count). The molecule has 0 amide bonds. The summed E-state index contributed by atoms with van der Waals surface area (Å²) in [5.74, 6) is 0.797. The van der Waals surface area contributed by atoms with E-state index in [0.717, 1.165) is 11.1 Å². The summed E-state index contributed by atoms with van der Waals surface area (Å²) < 4.78 is 16.6. The normalized spacial score (nSPS) is 11.3. The van der Waals surface area contributed by atoms with Gasteiger partial charge in [-0.3, -0.25) is 0 Å². The standard InChI is InChI=1S/C22H21NO4/c1-3-25-22(24)20(14-17-10-6-4-7-11-17)26-15-19-16(2)27-21(23-19)18-12-8-5-9-13-18/h4-14H,3,15H2,1-2H3. The molecule has 0 aliphatic rings. The molecule has 0 saturated heterocycles. The van der Waals surface area contributed by atoms with E-state index in [9.17, 15) is 4.79 Å². The number of ether oxygens (including phenoxy) is 2. The number of nitrogens with zero attached hydrogens (tertiary/aromatic N) is 1. The summed E-state index contributed by atoms with van der Waals surface area (Å²) in [7, 11) is 0. The van der Waals surface area contributed by atoms with Gasteiger partial charge in [-0.1, -0.05) is 48.5 Å². The fourth-order valence-corrected chi connectivity index (χ4v) is 2.47. The number of hydrogen-bond acceptors (Lipinski definition) is 5. The lowest BCUT2D eigenvalue weighted by Crippen LogP contribution is -2.11. The van der Waals surface area contributed by atoms with E-state index >= 15 is 0 Å². The van der Waals surface area contributed by atoms with Crippen LogP contribution in [0, 0.1) is 6.92 Å². The van der Waals surface area contributed by atoms with Crippen LogP contribution in [0.1, 0.15) is 23.9 Å². The molecule has 0 radical (unpaired) electrons. The van der Waals surface area contributed by atoms with Gasteiger partial charge in [-0.15, -0.1) is 0 Å². The highest BCUT2D eigenvalue weighted by molar-refractivity contribution is 5.91. The zero-order valence-corrected chi connectivity index (χ0v) is 15.3. The highest BCUT2D eigenvalue weighted by Gasteiger charge is 2.16. The minimum absolute atomic E-state index is 0.111.